The van der Waals surface area contributed by atoms with Gasteiger partial charge in [0, 0.05) is 13.1 Å². The number of aliphatic hydroxyl groups excluding tert-OH is 1. The highest BCUT2D eigenvalue weighted by molar-refractivity contribution is 5.11. The molecule has 0 aromatic carbocycles. The van der Waals surface area contributed by atoms with Crippen molar-refractivity contribution < 1.29 is 5.11 Å². The van der Waals surface area contributed by atoms with Gasteiger partial charge in [-0.3, -0.25) is 0 Å². The molecule has 0 fully saturated rings. The summed E-state index contributed by atoms with van der Waals surface area (Å²) in [7, 11) is 0. The molecular weight excluding hydrogens is 150 g/mol. The van der Waals surface area contributed by atoms with E-state index in [0.717, 1.165) is 18.9 Å². The fourth-order valence-corrected chi connectivity index (χ4v) is 1.42. The lowest BCUT2D eigenvalue weighted by molar-refractivity contribution is 0.212. The summed E-state index contributed by atoms with van der Waals surface area (Å²) in [5.41, 5.74) is 1.36. The van der Waals surface area contributed by atoms with E-state index in [1.165, 1.54) is 12.0 Å². The minimum Gasteiger partial charge on any atom is -0.388 e. The Morgan fingerprint density at radius 3 is 3.00 bits per heavy atom. The van der Waals surface area contributed by atoms with E-state index in [0.29, 0.717) is 6.54 Å². The summed E-state index contributed by atoms with van der Waals surface area (Å²) < 4.78 is 0. The molecule has 12 heavy (non-hydrogen) atoms. The average Bonchev–Trinajstić information content (AvgIpc) is 2.01. The fourth-order valence-electron chi connectivity index (χ4n) is 1.42. The number of hydrogen-bond acceptors (Lipinski definition) is 2. The summed E-state index contributed by atoms with van der Waals surface area (Å²) in [6, 6.07) is 0. The van der Waals surface area contributed by atoms with Crippen LogP contribution in [0.25, 0.3) is 0 Å². The highest BCUT2D eigenvalue weighted by atomic mass is 16.3. The normalized spacial score (nSPS) is 24.3. The highest BCUT2D eigenvalue weighted by Crippen LogP contribution is 2.13. The molecule has 0 spiro atoms. The zero-order chi connectivity index (χ0) is 8.97. The van der Waals surface area contributed by atoms with Gasteiger partial charge < -0.3 is 10.4 Å². The Labute approximate surface area is 74.7 Å². The van der Waals surface area contributed by atoms with Crippen LogP contribution in [-0.2, 0) is 0 Å². The molecule has 1 aliphatic rings. The van der Waals surface area contributed by atoms with Crippen molar-refractivity contribution in [3.8, 4) is 0 Å². The molecule has 0 amide bonds. The predicted octanol–water partition coefficient (Wildman–Crippen LogP) is 1.31. The Morgan fingerprint density at radius 1 is 1.67 bits per heavy atom. The van der Waals surface area contributed by atoms with E-state index in [1.807, 2.05) is 6.08 Å². The van der Waals surface area contributed by atoms with Gasteiger partial charge in [-0.05, 0) is 18.8 Å². The smallest absolute Gasteiger partial charge is 0.0848 e. The Balaban J connectivity index is 2.30. The molecule has 0 radical (unpaired) electrons. The lowest BCUT2D eigenvalue weighted by atomic mass is 10.00. The zero-order valence-corrected chi connectivity index (χ0v) is 8.01. The van der Waals surface area contributed by atoms with Crippen LogP contribution < -0.4 is 5.32 Å². The quantitative estimate of drug-likeness (QED) is 0.624. The number of nitrogens with one attached hydrogen (secondary N) is 1. The number of hydrogen-bond donors (Lipinski definition) is 2. The van der Waals surface area contributed by atoms with Gasteiger partial charge in [0.2, 0.25) is 0 Å². The van der Waals surface area contributed by atoms with Crippen LogP contribution in [-0.4, -0.2) is 24.3 Å². The number of rotatable bonds is 3. The van der Waals surface area contributed by atoms with E-state index in [2.05, 4.69) is 19.2 Å². The van der Waals surface area contributed by atoms with Crippen LogP contribution in [0.2, 0.25) is 0 Å². The van der Waals surface area contributed by atoms with Crippen molar-refractivity contribution in [3.63, 3.8) is 0 Å². The molecule has 0 aromatic heterocycles. The van der Waals surface area contributed by atoms with Crippen molar-refractivity contribution in [1.82, 2.24) is 5.32 Å². The summed E-state index contributed by atoms with van der Waals surface area (Å²) in [4.78, 5) is 0. The molecule has 0 bridgehead atoms. The van der Waals surface area contributed by atoms with Gasteiger partial charge in [-0.25, -0.2) is 0 Å². The lowest BCUT2D eigenvalue weighted by Crippen LogP contribution is -2.32. The van der Waals surface area contributed by atoms with Crippen molar-refractivity contribution in [2.24, 2.45) is 5.92 Å². The third-order valence-electron chi connectivity index (χ3n) is 2.18. The van der Waals surface area contributed by atoms with Gasteiger partial charge in [-0.15, -0.1) is 0 Å². The molecule has 1 unspecified atom stereocenters. The first-order valence-corrected chi connectivity index (χ1v) is 4.77. The van der Waals surface area contributed by atoms with Crippen LogP contribution in [0.15, 0.2) is 11.6 Å². The molecule has 1 heterocycles. The molecule has 1 aliphatic heterocycles. The average molecular weight is 169 g/mol. The van der Waals surface area contributed by atoms with Crippen molar-refractivity contribution in [1.29, 1.82) is 0 Å². The van der Waals surface area contributed by atoms with E-state index in [9.17, 15) is 5.11 Å². The molecule has 70 valence electrons. The Kier molecular flexibility index (Phi) is 3.76. The van der Waals surface area contributed by atoms with Gasteiger partial charge in [-0.1, -0.05) is 25.5 Å². The summed E-state index contributed by atoms with van der Waals surface area (Å²) in [5.74, 6) is 0.755. The SMILES string of the molecule is CC(C)CCC1=CC(O)CNC1. The van der Waals surface area contributed by atoms with E-state index in [-0.39, 0.29) is 6.10 Å². The van der Waals surface area contributed by atoms with Gasteiger partial charge in [0.1, 0.15) is 0 Å². The summed E-state index contributed by atoms with van der Waals surface area (Å²) in [5, 5.41) is 12.5. The number of β-amino-alcohol motifs (C(OH)–C–C–N with tert-alkyl or cyclic N) is 1. The zero-order valence-electron chi connectivity index (χ0n) is 8.01. The van der Waals surface area contributed by atoms with Gasteiger partial charge >= 0.3 is 0 Å². The predicted molar refractivity (Wildman–Crippen MR) is 51.0 cm³/mol. The molecule has 1 atom stereocenters. The maximum atomic E-state index is 9.31. The first kappa shape index (κ1) is 9.75. The van der Waals surface area contributed by atoms with Crippen LogP contribution >= 0.6 is 0 Å². The van der Waals surface area contributed by atoms with Crippen LogP contribution in [0.1, 0.15) is 26.7 Å². The third-order valence-corrected chi connectivity index (χ3v) is 2.18. The molecular formula is C10H19NO. The summed E-state index contributed by atoms with van der Waals surface area (Å²) in [6.07, 6.45) is 4.09. The van der Waals surface area contributed by atoms with Crippen molar-refractivity contribution in [2.45, 2.75) is 32.8 Å². The van der Waals surface area contributed by atoms with E-state index < -0.39 is 0 Å². The third kappa shape index (κ3) is 3.37. The topological polar surface area (TPSA) is 32.3 Å². The second-order valence-electron chi connectivity index (χ2n) is 3.96. The van der Waals surface area contributed by atoms with Crippen LogP contribution in [0, 0.1) is 5.92 Å². The van der Waals surface area contributed by atoms with Crippen LogP contribution in [0.3, 0.4) is 0 Å². The number of aliphatic hydroxyl groups is 1. The van der Waals surface area contributed by atoms with Crippen molar-refractivity contribution >= 4 is 0 Å². The largest absolute Gasteiger partial charge is 0.388 e. The Hall–Kier alpha value is -0.340. The van der Waals surface area contributed by atoms with E-state index in [1.54, 1.807) is 0 Å². The van der Waals surface area contributed by atoms with Gasteiger partial charge in [0.15, 0.2) is 0 Å². The first-order valence-electron chi connectivity index (χ1n) is 4.77. The van der Waals surface area contributed by atoms with Gasteiger partial charge in [-0.2, -0.15) is 0 Å². The fraction of sp³-hybridized carbons (Fsp3) is 0.800. The highest BCUT2D eigenvalue weighted by Gasteiger charge is 2.09. The molecule has 2 N–H and O–H groups in total. The summed E-state index contributed by atoms with van der Waals surface area (Å²) in [6.45, 7) is 6.13. The van der Waals surface area contributed by atoms with E-state index >= 15 is 0 Å². The van der Waals surface area contributed by atoms with Gasteiger partial charge in [0.25, 0.3) is 0 Å². The van der Waals surface area contributed by atoms with E-state index in [4.69, 9.17) is 0 Å². The molecule has 1 rings (SSSR count). The van der Waals surface area contributed by atoms with Crippen molar-refractivity contribution in [2.75, 3.05) is 13.1 Å². The summed E-state index contributed by atoms with van der Waals surface area (Å²) >= 11 is 0. The first-order chi connectivity index (χ1) is 5.68. The minimum atomic E-state index is -0.263. The Morgan fingerprint density at radius 2 is 2.42 bits per heavy atom. The molecule has 0 aromatic rings. The minimum absolute atomic E-state index is 0.263. The second-order valence-corrected chi connectivity index (χ2v) is 3.96. The molecule has 0 saturated carbocycles. The second kappa shape index (κ2) is 4.63. The van der Waals surface area contributed by atoms with Crippen LogP contribution in [0.5, 0.6) is 0 Å². The molecule has 2 nitrogen and oxygen atoms in total. The monoisotopic (exact) mass is 169 g/mol. The Bertz CT molecular complexity index is 163. The standard InChI is InChI=1S/C10H19NO/c1-8(2)3-4-9-5-10(12)7-11-6-9/h5,8,10-12H,3-4,6-7H2,1-2H3. The lowest BCUT2D eigenvalue weighted by Gasteiger charge is -2.18. The molecule has 2 heteroatoms. The van der Waals surface area contributed by atoms with Crippen molar-refractivity contribution in [3.05, 3.63) is 11.6 Å². The maximum absolute atomic E-state index is 9.31. The maximum Gasteiger partial charge on any atom is 0.0848 e. The molecule has 0 aliphatic carbocycles. The molecule has 0 saturated heterocycles. The van der Waals surface area contributed by atoms with Gasteiger partial charge in [0.05, 0.1) is 6.10 Å². The van der Waals surface area contributed by atoms with Crippen LogP contribution in [0.4, 0.5) is 0 Å².